The molecule has 3 nitrogen and oxygen atoms in total. The van der Waals surface area contributed by atoms with Crippen LogP contribution in [0, 0.1) is 0 Å². The Morgan fingerprint density at radius 3 is 2.93 bits per heavy atom. The van der Waals surface area contributed by atoms with E-state index in [-0.39, 0.29) is 6.61 Å². The highest BCUT2D eigenvalue weighted by atomic mass is 35.5. The number of rotatable bonds is 5. The molecule has 1 aromatic carbocycles. The molecule has 0 amide bonds. The van der Waals surface area contributed by atoms with Gasteiger partial charge >= 0.3 is 6.47 Å². The lowest BCUT2D eigenvalue weighted by molar-refractivity contribution is 0.314. The van der Waals surface area contributed by atoms with E-state index in [9.17, 15) is 4.79 Å². The summed E-state index contributed by atoms with van der Waals surface area (Å²) in [5.74, 6) is 0.631. The average molecular weight is 226 g/mol. The monoisotopic (exact) mass is 225 g/mol. The van der Waals surface area contributed by atoms with Crippen molar-refractivity contribution < 1.29 is 14.3 Å². The van der Waals surface area contributed by atoms with Crippen LogP contribution in [0.5, 0.6) is 5.75 Å². The highest BCUT2D eigenvalue weighted by Crippen LogP contribution is 2.25. The summed E-state index contributed by atoms with van der Waals surface area (Å²) in [7, 11) is 1.56. The first kappa shape index (κ1) is 11.6. The number of hydrogen-bond donors (Lipinski definition) is 0. The van der Waals surface area contributed by atoms with E-state index in [0.717, 1.165) is 5.56 Å². The third-order valence-corrected chi connectivity index (χ3v) is 2.02. The fraction of sp³-hybridized carbons (Fsp3) is 0.182. The Labute approximate surface area is 93.3 Å². The van der Waals surface area contributed by atoms with Gasteiger partial charge in [-0.2, -0.15) is 0 Å². The molecule has 1 aromatic rings. The van der Waals surface area contributed by atoms with Crippen LogP contribution in [0.15, 0.2) is 24.3 Å². The van der Waals surface area contributed by atoms with Crippen molar-refractivity contribution in [2.75, 3.05) is 13.7 Å². The zero-order valence-electron chi connectivity index (χ0n) is 8.20. The molecule has 1 radical (unpaired) electrons. The number of ether oxygens (including phenoxy) is 2. The maximum Gasteiger partial charge on any atom is 0.417 e. The minimum absolute atomic E-state index is 0.202. The molecule has 79 valence electrons. The lowest BCUT2D eigenvalue weighted by Crippen LogP contribution is -1.86. The number of halogens is 1. The van der Waals surface area contributed by atoms with Crippen LogP contribution in [0.2, 0.25) is 5.02 Å². The predicted molar refractivity (Wildman–Crippen MR) is 58.7 cm³/mol. The minimum atomic E-state index is 0.202. The topological polar surface area (TPSA) is 35.5 Å². The summed E-state index contributed by atoms with van der Waals surface area (Å²) < 4.78 is 9.39. The third-order valence-electron chi connectivity index (χ3n) is 1.72. The SMILES string of the molecule is COc1ccc(/C=C/CO[C]=O)cc1Cl. The molecule has 15 heavy (non-hydrogen) atoms. The number of hydrogen-bond acceptors (Lipinski definition) is 3. The first-order valence-electron chi connectivity index (χ1n) is 4.27. The maximum atomic E-state index is 9.74. The predicted octanol–water partition coefficient (Wildman–Crippen LogP) is 2.45. The molecule has 4 heteroatoms. The van der Waals surface area contributed by atoms with Crippen LogP contribution in [0.25, 0.3) is 6.08 Å². The zero-order chi connectivity index (χ0) is 11.1. The molecule has 0 atom stereocenters. The molecule has 0 unspecified atom stereocenters. The molecule has 0 heterocycles. The molecule has 0 spiro atoms. The lowest BCUT2D eigenvalue weighted by atomic mass is 10.2. The Hall–Kier alpha value is -1.48. The minimum Gasteiger partial charge on any atom is -0.495 e. The van der Waals surface area contributed by atoms with Gasteiger partial charge in [-0.3, -0.25) is 0 Å². The van der Waals surface area contributed by atoms with Gasteiger partial charge in [0.1, 0.15) is 12.4 Å². The van der Waals surface area contributed by atoms with Gasteiger partial charge in [0.15, 0.2) is 0 Å². The van der Waals surface area contributed by atoms with E-state index < -0.39 is 0 Å². The van der Waals surface area contributed by atoms with Gasteiger partial charge in [0.05, 0.1) is 12.1 Å². The van der Waals surface area contributed by atoms with Crippen molar-refractivity contribution in [2.24, 2.45) is 0 Å². The Balaban J connectivity index is 2.66. The first-order valence-corrected chi connectivity index (χ1v) is 4.64. The smallest absolute Gasteiger partial charge is 0.417 e. The van der Waals surface area contributed by atoms with Crippen LogP contribution >= 0.6 is 11.6 Å². The molecule has 0 aliphatic rings. The summed E-state index contributed by atoms with van der Waals surface area (Å²) in [6, 6.07) is 5.39. The normalized spacial score (nSPS) is 10.3. The molecule has 0 aromatic heterocycles. The van der Waals surface area contributed by atoms with E-state index in [1.54, 1.807) is 31.4 Å². The number of carbonyl (C=O) groups excluding carboxylic acids is 1. The lowest BCUT2D eigenvalue weighted by Gasteiger charge is -2.02. The van der Waals surface area contributed by atoms with Crippen LogP contribution in [0.3, 0.4) is 0 Å². The molecule has 0 N–H and O–H groups in total. The van der Waals surface area contributed by atoms with Gasteiger partial charge in [0.2, 0.25) is 0 Å². The summed E-state index contributed by atoms with van der Waals surface area (Å²) in [5.41, 5.74) is 0.912. The molecule has 0 saturated carbocycles. The summed E-state index contributed by atoms with van der Waals surface area (Å²) in [6.45, 7) is 1.54. The van der Waals surface area contributed by atoms with E-state index in [0.29, 0.717) is 10.8 Å². The highest BCUT2D eigenvalue weighted by molar-refractivity contribution is 6.32. The van der Waals surface area contributed by atoms with Gasteiger partial charge in [0, 0.05) is 0 Å². The van der Waals surface area contributed by atoms with E-state index in [2.05, 4.69) is 4.74 Å². The Kier molecular flexibility index (Phi) is 4.71. The van der Waals surface area contributed by atoms with Crippen molar-refractivity contribution >= 4 is 24.1 Å². The standard InChI is InChI=1S/C11H10ClO3/c1-14-11-5-4-9(7-10(11)12)3-2-6-15-8-13/h2-5,7H,6H2,1H3/b3-2+. The summed E-state index contributed by atoms with van der Waals surface area (Å²) >= 11 is 5.92. The first-order chi connectivity index (χ1) is 7.27. The summed E-state index contributed by atoms with van der Waals surface area (Å²) in [6.07, 6.45) is 3.49. The largest absolute Gasteiger partial charge is 0.495 e. The van der Waals surface area contributed by atoms with Crippen molar-refractivity contribution in [3.8, 4) is 5.75 Å². The third kappa shape index (κ3) is 3.64. The van der Waals surface area contributed by atoms with Crippen LogP contribution < -0.4 is 4.74 Å². The summed E-state index contributed by atoms with van der Waals surface area (Å²) in [4.78, 5) is 9.74. The molecule has 0 bridgehead atoms. The molecule has 0 saturated heterocycles. The molecule has 0 fully saturated rings. The fourth-order valence-corrected chi connectivity index (χ4v) is 1.32. The highest BCUT2D eigenvalue weighted by Gasteiger charge is 1.98. The second-order valence-corrected chi connectivity index (χ2v) is 3.10. The van der Waals surface area contributed by atoms with Crippen molar-refractivity contribution in [2.45, 2.75) is 0 Å². The van der Waals surface area contributed by atoms with Crippen molar-refractivity contribution in [3.05, 3.63) is 34.9 Å². The van der Waals surface area contributed by atoms with E-state index in [1.165, 1.54) is 6.47 Å². The second-order valence-electron chi connectivity index (χ2n) is 2.69. The van der Waals surface area contributed by atoms with E-state index in [4.69, 9.17) is 16.3 Å². The Bertz CT molecular complexity index is 361. The number of methoxy groups -OCH3 is 1. The van der Waals surface area contributed by atoms with Gasteiger partial charge < -0.3 is 9.47 Å². The van der Waals surface area contributed by atoms with Gasteiger partial charge in [-0.15, -0.1) is 0 Å². The van der Waals surface area contributed by atoms with Gasteiger partial charge in [-0.25, -0.2) is 4.79 Å². The average Bonchev–Trinajstić information content (AvgIpc) is 2.25. The molecule has 0 aliphatic heterocycles. The van der Waals surface area contributed by atoms with Crippen LogP contribution in [-0.4, -0.2) is 20.2 Å². The Morgan fingerprint density at radius 2 is 2.33 bits per heavy atom. The molecule has 1 rings (SSSR count). The van der Waals surface area contributed by atoms with Crippen molar-refractivity contribution in [1.82, 2.24) is 0 Å². The van der Waals surface area contributed by atoms with Crippen LogP contribution in [-0.2, 0) is 9.53 Å². The second kappa shape index (κ2) is 6.09. The Morgan fingerprint density at radius 1 is 1.53 bits per heavy atom. The van der Waals surface area contributed by atoms with E-state index >= 15 is 0 Å². The zero-order valence-corrected chi connectivity index (χ0v) is 8.95. The van der Waals surface area contributed by atoms with Crippen molar-refractivity contribution in [3.63, 3.8) is 0 Å². The van der Waals surface area contributed by atoms with Crippen LogP contribution in [0.1, 0.15) is 5.56 Å². The fourth-order valence-electron chi connectivity index (χ4n) is 1.05. The quantitative estimate of drug-likeness (QED) is 0.722. The van der Waals surface area contributed by atoms with Crippen LogP contribution in [0.4, 0.5) is 0 Å². The van der Waals surface area contributed by atoms with Gasteiger partial charge in [-0.1, -0.05) is 23.7 Å². The summed E-state index contributed by atoms with van der Waals surface area (Å²) in [5, 5.41) is 0.544. The van der Waals surface area contributed by atoms with Crippen molar-refractivity contribution in [1.29, 1.82) is 0 Å². The molecular formula is C11H10ClO3. The van der Waals surface area contributed by atoms with Gasteiger partial charge in [0.25, 0.3) is 0 Å². The number of benzene rings is 1. The van der Waals surface area contributed by atoms with Gasteiger partial charge in [-0.05, 0) is 23.8 Å². The van der Waals surface area contributed by atoms with E-state index in [1.807, 2.05) is 6.07 Å². The molecule has 0 aliphatic carbocycles. The molecular weight excluding hydrogens is 216 g/mol. The maximum absolute atomic E-state index is 9.74.